The van der Waals surface area contributed by atoms with E-state index in [4.69, 9.17) is 0 Å². The number of amides is 1. The molecule has 1 aliphatic heterocycles. The highest BCUT2D eigenvalue weighted by atomic mass is 16.1. The number of nitrogens with one attached hydrogen (secondary N) is 2. The molecule has 146 valence electrons. The molecule has 1 heterocycles. The van der Waals surface area contributed by atoms with E-state index in [1.165, 1.54) is 16.7 Å². The number of fused-ring (bicyclic) bond motifs is 3. The van der Waals surface area contributed by atoms with E-state index < -0.39 is 0 Å². The van der Waals surface area contributed by atoms with Crippen molar-refractivity contribution in [2.24, 2.45) is 5.92 Å². The number of carbonyl (C=O) groups excluding carboxylic acids is 1. The molecule has 28 heavy (non-hydrogen) atoms. The SMILES string of the molecule is CC(C)NC(=O)c1cccc2c1NC(c1ccc(C(C)C)cc1)C1CC=CC21. The van der Waals surface area contributed by atoms with Crippen molar-refractivity contribution in [3.05, 3.63) is 76.9 Å². The zero-order valence-electron chi connectivity index (χ0n) is 17.2. The molecule has 0 saturated heterocycles. The van der Waals surface area contributed by atoms with Gasteiger partial charge in [0, 0.05) is 12.0 Å². The number of benzene rings is 2. The summed E-state index contributed by atoms with van der Waals surface area (Å²) in [4.78, 5) is 12.8. The number of carbonyl (C=O) groups is 1. The fourth-order valence-corrected chi connectivity index (χ4v) is 4.57. The molecule has 2 aromatic carbocycles. The Morgan fingerprint density at radius 1 is 1.07 bits per heavy atom. The summed E-state index contributed by atoms with van der Waals surface area (Å²) < 4.78 is 0. The van der Waals surface area contributed by atoms with Crippen LogP contribution in [0.25, 0.3) is 0 Å². The highest BCUT2D eigenvalue weighted by molar-refractivity contribution is 6.01. The number of anilines is 1. The molecule has 0 saturated carbocycles. The average molecular weight is 375 g/mol. The van der Waals surface area contributed by atoms with Gasteiger partial charge in [-0.1, -0.05) is 62.4 Å². The maximum atomic E-state index is 12.8. The summed E-state index contributed by atoms with van der Waals surface area (Å²) in [6, 6.07) is 15.4. The van der Waals surface area contributed by atoms with Crippen LogP contribution in [0.2, 0.25) is 0 Å². The summed E-state index contributed by atoms with van der Waals surface area (Å²) in [5.74, 6) is 1.37. The monoisotopic (exact) mass is 374 g/mol. The predicted octanol–water partition coefficient (Wildman–Crippen LogP) is 5.77. The minimum Gasteiger partial charge on any atom is -0.377 e. The fraction of sp³-hybridized carbons (Fsp3) is 0.400. The van der Waals surface area contributed by atoms with Crippen LogP contribution in [0.4, 0.5) is 5.69 Å². The highest BCUT2D eigenvalue weighted by Gasteiger charge is 2.39. The molecule has 3 atom stereocenters. The van der Waals surface area contributed by atoms with Crippen molar-refractivity contribution in [1.82, 2.24) is 5.32 Å². The van der Waals surface area contributed by atoms with Crippen LogP contribution in [0.1, 0.15) is 79.0 Å². The van der Waals surface area contributed by atoms with E-state index in [1.807, 2.05) is 26.0 Å². The number of rotatable bonds is 4. The summed E-state index contributed by atoms with van der Waals surface area (Å²) in [6.07, 6.45) is 5.68. The summed E-state index contributed by atoms with van der Waals surface area (Å²) in [5.41, 5.74) is 5.64. The Balaban J connectivity index is 1.73. The molecule has 3 unspecified atom stereocenters. The molecule has 0 bridgehead atoms. The molecular formula is C25H30N2O. The zero-order valence-corrected chi connectivity index (χ0v) is 17.2. The Morgan fingerprint density at radius 3 is 2.50 bits per heavy atom. The van der Waals surface area contributed by atoms with Gasteiger partial charge in [-0.05, 0) is 54.9 Å². The van der Waals surface area contributed by atoms with Crippen molar-refractivity contribution >= 4 is 11.6 Å². The van der Waals surface area contributed by atoms with Gasteiger partial charge in [-0.15, -0.1) is 0 Å². The van der Waals surface area contributed by atoms with Crippen LogP contribution in [-0.4, -0.2) is 11.9 Å². The quantitative estimate of drug-likeness (QED) is 0.667. The first-order chi connectivity index (χ1) is 13.5. The third-order valence-electron chi connectivity index (χ3n) is 6.02. The lowest BCUT2D eigenvalue weighted by molar-refractivity contribution is 0.0943. The minimum atomic E-state index is -0.00585. The molecular weight excluding hydrogens is 344 g/mol. The van der Waals surface area contributed by atoms with Gasteiger partial charge in [0.25, 0.3) is 5.91 Å². The van der Waals surface area contributed by atoms with E-state index >= 15 is 0 Å². The van der Waals surface area contributed by atoms with Gasteiger partial charge in [0.2, 0.25) is 0 Å². The molecule has 0 fully saturated rings. The normalized spacial score (nSPS) is 22.7. The lowest BCUT2D eigenvalue weighted by Crippen LogP contribution is -2.34. The second-order valence-corrected chi connectivity index (χ2v) is 8.69. The largest absolute Gasteiger partial charge is 0.377 e. The van der Waals surface area contributed by atoms with Gasteiger partial charge in [0.1, 0.15) is 0 Å². The van der Waals surface area contributed by atoms with E-state index in [0.29, 0.717) is 17.8 Å². The third kappa shape index (κ3) is 3.34. The van der Waals surface area contributed by atoms with Crippen LogP contribution >= 0.6 is 0 Å². The van der Waals surface area contributed by atoms with Crippen LogP contribution < -0.4 is 10.6 Å². The molecule has 4 rings (SSSR count). The second-order valence-electron chi connectivity index (χ2n) is 8.69. The van der Waals surface area contributed by atoms with Crippen molar-refractivity contribution in [1.29, 1.82) is 0 Å². The van der Waals surface area contributed by atoms with Crippen LogP contribution in [0.3, 0.4) is 0 Å². The molecule has 0 spiro atoms. The molecule has 2 N–H and O–H groups in total. The summed E-state index contributed by atoms with van der Waals surface area (Å²) in [7, 11) is 0. The predicted molar refractivity (Wildman–Crippen MR) is 116 cm³/mol. The lowest BCUT2D eigenvalue weighted by Gasteiger charge is -2.38. The van der Waals surface area contributed by atoms with Crippen LogP contribution in [0.15, 0.2) is 54.6 Å². The Hall–Kier alpha value is -2.55. The van der Waals surface area contributed by atoms with E-state index in [0.717, 1.165) is 17.7 Å². The van der Waals surface area contributed by atoms with Gasteiger partial charge in [-0.25, -0.2) is 0 Å². The van der Waals surface area contributed by atoms with Gasteiger partial charge >= 0.3 is 0 Å². The average Bonchev–Trinajstić information content (AvgIpc) is 3.16. The number of allylic oxidation sites excluding steroid dienone is 2. The summed E-state index contributed by atoms with van der Waals surface area (Å²) >= 11 is 0. The smallest absolute Gasteiger partial charge is 0.253 e. The van der Waals surface area contributed by atoms with Crippen LogP contribution in [0.5, 0.6) is 0 Å². The Kier molecular flexibility index (Phi) is 5.01. The van der Waals surface area contributed by atoms with Crippen molar-refractivity contribution < 1.29 is 4.79 Å². The van der Waals surface area contributed by atoms with Crippen LogP contribution in [-0.2, 0) is 0 Å². The maximum absolute atomic E-state index is 12.8. The van der Waals surface area contributed by atoms with E-state index in [9.17, 15) is 4.79 Å². The standard InChI is InChI=1S/C25H30N2O/c1-15(2)17-11-13-18(14-12-17)23-20-8-5-7-19(20)21-9-6-10-22(24(21)27-23)25(28)26-16(3)4/h5-7,9-16,19-20,23,27H,8H2,1-4H3,(H,26,28). The third-order valence-corrected chi connectivity index (χ3v) is 6.02. The Morgan fingerprint density at radius 2 is 1.82 bits per heavy atom. The Bertz CT molecular complexity index is 895. The van der Waals surface area contributed by atoms with E-state index in [2.05, 4.69) is 67.0 Å². The van der Waals surface area contributed by atoms with Crippen molar-refractivity contribution in [3.8, 4) is 0 Å². The van der Waals surface area contributed by atoms with Gasteiger partial charge in [-0.2, -0.15) is 0 Å². The summed E-state index contributed by atoms with van der Waals surface area (Å²) in [6.45, 7) is 8.44. The van der Waals surface area contributed by atoms with Crippen molar-refractivity contribution in [2.45, 2.75) is 58.0 Å². The highest BCUT2D eigenvalue weighted by Crippen LogP contribution is 2.50. The van der Waals surface area contributed by atoms with Crippen molar-refractivity contribution in [3.63, 3.8) is 0 Å². The van der Waals surface area contributed by atoms with Gasteiger partial charge in [-0.3, -0.25) is 4.79 Å². The molecule has 3 nitrogen and oxygen atoms in total. The maximum Gasteiger partial charge on any atom is 0.253 e. The van der Waals surface area contributed by atoms with Gasteiger partial charge in [0.15, 0.2) is 0 Å². The first-order valence-corrected chi connectivity index (χ1v) is 10.4. The second kappa shape index (κ2) is 7.46. The number of hydrogen-bond acceptors (Lipinski definition) is 2. The zero-order chi connectivity index (χ0) is 19.8. The molecule has 2 aliphatic rings. The van der Waals surface area contributed by atoms with Gasteiger partial charge < -0.3 is 10.6 Å². The number of hydrogen-bond donors (Lipinski definition) is 2. The van der Waals surface area contributed by atoms with Crippen molar-refractivity contribution in [2.75, 3.05) is 5.32 Å². The first-order valence-electron chi connectivity index (χ1n) is 10.4. The molecule has 0 aromatic heterocycles. The number of para-hydroxylation sites is 1. The molecule has 1 aliphatic carbocycles. The Labute approximate surface area is 168 Å². The van der Waals surface area contributed by atoms with E-state index in [-0.39, 0.29) is 18.0 Å². The first kappa shape index (κ1) is 18.8. The molecule has 0 radical (unpaired) electrons. The van der Waals surface area contributed by atoms with E-state index in [1.54, 1.807) is 0 Å². The van der Waals surface area contributed by atoms with Crippen LogP contribution in [0, 0.1) is 5.92 Å². The summed E-state index contributed by atoms with van der Waals surface area (Å²) in [5, 5.41) is 6.80. The minimum absolute atomic E-state index is 0.00585. The topological polar surface area (TPSA) is 41.1 Å². The molecule has 3 heteroatoms. The van der Waals surface area contributed by atoms with Gasteiger partial charge in [0.05, 0.1) is 17.3 Å². The lowest BCUT2D eigenvalue weighted by atomic mass is 9.76. The molecule has 1 amide bonds. The molecule has 2 aromatic rings. The fourth-order valence-electron chi connectivity index (χ4n) is 4.57.